The van der Waals surface area contributed by atoms with Gasteiger partial charge < -0.3 is 15.4 Å². The van der Waals surface area contributed by atoms with Crippen LogP contribution in [0.4, 0.5) is 11.4 Å². The van der Waals surface area contributed by atoms with Crippen LogP contribution in [0.25, 0.3) is 0 Å². The van der Waals surface area contributed by atoms with E-state index in [0.29, 0.717) is 24.5 Å². The number of hydrogen-bond donors (Lipinski definition) is 2. The Bertz CT molecular complexity index is 1020. The number of benzene rings is 2. The minimum absolute atomic E-state index is 0.0581. The smallest absolute Gasteiger partial charge is 0.262 e. The third-order valence-corrected chi connectivity index (χ3v) is 6.41. The first-order valence-corrected chi connectivity index (χ1v) is 11.1. The van der Waals surface area contributed by atoms with Crippen molar-refractivity contribution >= 4 is 44.8 Å². The van der Waals surface area contributed by atoms with Gasteiger partial charge in [0.05, 0.1) is 9.92 Å². The molecule has 30 heavy (non-hydrogen) atoms. The zero-order valence-electron chi connectivity index (χ0n) is 16.9. The normalized spacial score (nSPS) is 11.2. The summed E-state index contributed by atoms with van der Waals surface area (Å²) in [6.45, 7) is 5.26. The molecule has 8 nitrogen and oxygen atoms in total. The summed E-state index contributed by atoms with van der Waals surface area (Å²) in [5.74, 6) is -0.467. The van der Waals surface area contributed by atoms with E-state index in [1.54, 1.807) is 38.1 Å². The zero-order valence-corrected chi connectivity index (χ0v) is 18.5. The van der Waals surface area contributed by atoms with Gasteiger partial charge in [-0.1, -0.05) is 31.5 Å². The first-order chi connectivity index (χ1) is 14.2. The molecule has 0 fully saturated rings. The molecule has 0 aromatic heterocycles. The standard InChI is InChI=1S/C20H24ClN3O5S/c1-4-24(5-2)30(27,28)17-9-10-19(18(21)12-17)29-13-20(26)23-16-8-6-7-15(11-16)22-14(3)25/h6-12H,4-5,13H2,1-3H3,(H,22,25)(H,23,26). The number of carbonyl (C=O) groups is 2. The topological polar surface area (TPSA) is 105 Å². The minimum Gasteiger partial charge on any atom is -0.482 e. The lowest BCUT2D eigenvalue weighted by Gasteiger charge is -2.19. The van der Waals surface area contributed by atoms with Gasteiger partial charge in [-0.3, -0.25) is 9.59 Å². The maximum absolute atomic E-state index is 12.6. The van der Waals surface area contributed by atoms with Crippen LogP contribution in [0.15, 0.2) is 47.4 Å². The molecule has 0 aliphatic carbocycles. The lowest BCUT2D eigenvalue weighted by Crippen LogP contribution is -2.30. The van der Waals surface area contributed by atoms with Crippen LogP contribution in [-0.4, -0.2) is 44.2 Å². The van der Waals surface area contributed by atoms with Crippen LogP contribution in [0, 0.1) is 0 Å². The summed E-state index contributed by atoms with van der Waals surface area (Å²) in [6, 6.07) is 10.8. The van der Waals surface area contributed by atoms with Crippen LogP contribution in [0.1, 0.15) is 20.8 Å². The second-order valence-electron chi connectivity index (χ2n) is 6.28. The predicted octanol–water partition coefficient (Wildman–Crippen LogP) is 3.35. The number of hydrogen-bond acceptors (Lipinski definition) is 5. The van der Waals surface area contributed by atoms with Gasteiger partial charge in [0.15, 0.2) is 6.61 Å². The Balaban J connectivity index is 2.02. The molecule has 2 rings (SSSR count). The molecule has 10 heteroatoms. The molecule has 0 bridgehead atoms. The van der Waals surface area contributed by atoms with Crippen molar-refractivity contribution in [1.82, 2.24) is 4.31 Å². The number of nitrogens with one attached hydrogen (secondary N) is 2. The second-order valence-corrected chi connectivity index (χ2v) is 8.63. The molecule has 0 saturated heterocycles. The van der Waals surface area contributed by atoms with Crippen molar-refractivity contribution in [3.63, 3.8) is 0 Å². The van der Waals surface area contributed by atoms with E-state index in [4.69, 9.17) is 16.3 Å². The van der Waals surface area contributed by atoms with Gasteiger partial charge in [0, 0.05) is 31.4 Å². The van der Waals surface area contributed by atoms with Gasteiger partial charge in [0.1, 0.15) is 5.75 Å². The first-order valence-electron chi connectivity index (χ1n) is 9.27. The number of ether oxygens (including phenoxy) is 1. The number of nitrogens with zero attached hydrogens (tertiary/aromatic N) is 1. The molecular formula is C20H24ClN3O5S. The number of halogens is 1. The number of amides is 2. The van der Waals surface area contributed by atoms with Gasteiger partial charge in [-0.25, -0.2) is 8.42 Å². The Hall–Kier alpha value is -2.62. The molecule has 0 saturated carbocycles. The maximum Gasteiger partial charge on any atom is 0.262 e. The molecular weight excluding hydrogens is 430 g/mol. The van der Waals surface area contributed by atoms with Crippen molar-refractivity contribution in [2.45, 2.75) is 25.7 Å². The summed E-state index contributed by atoms with van der Waals surface area (Å²) in [6.07, 6.45) is 0. The highest BCUT2D eigenvalue weighted by atomic mass is 35.5. The summed E-state index contributed by atoms with van der Waals surface area (Å²) in [5.41, 5.74) is 1.04. The van der Waals surface area contributed by atoms with E-state index in [9.17, 15) is 18.0 Å². The molecule has 2 aromatic carbocycles. The number of sulfonamides is 1. The largest absolute Gasteiger partial charge is 0.482 e. The van der Waals surface area contributed by atoms with E-state index in [1.807, 2.05) is 0 Å². The fraction of sp³-hybridized carbons (Fsp3) is 0.300. The average Bonchev–Trinajstić information content (AvgIpc) is 2.67. The summed E-state index contributed by atoms with van der Waals surface area (Å²) >= 11 is 6.16. The van der Waals surface area contributed by atoms with Crippen LogP contribution in [0.5, 0.6) is 5.75 Å². The lowest BCUT2D eigenvalue weighted by molar-refractivity contribution is -0.118. The zero-order chi connectivity index (χ0) is 22.3. The maximum atomic E-state index is 12.6. The summed E-state index contributed by atoms with van der Waals surface area (Å²) in [7, 11) is -3.64. The Morgan fingerprint density at radius 1 is 1.03 bits per heavy atom. The molecule has 2 aromatic rings. The van der Waals surface area contributed by atoms with Gasteiger partial charge in [-0.05, 0) is 36.4 Å². The van der Waals surface area contributed by atoms with E-state index < -0.39 is 15.9 Å². The average molecular weight is 454 g/mol. The highest BCUT2D eigenvalue weighted by molar-refractivity contribution is 7.89. The van der Waals surface area contributed by atoms with Crippen molar-refractivity contribution in [2.75, 3.05) is 30.3 Å². The number of rotatable bonds is 9. The highest BCUT2D eigenvalue weighted by Gasteiger charge is 2.22. The van der Waals surface area contributed by atoms with E-state index >= 15 is 0 Å². The molecule has 0 aliphatic heterocycles. The second kappa shape index (κ2) is 10.4. The Morgan fingerprint density at radius 2 is 1.67 bits per heavy atom. The molecule has 2 amide bonds. The Morgan fingerprint density at radius 3 is 2.23 bits per heavy atom. The van der Waals surface area contributed by atoms with Gasteiger partial charge >= 0.3 is 0 Å². The van der Waals surface area contributed by atoms with Gasteiger partial charge in [-0.2, -0.15) is 4.31 Å². The van der Waals surface area contributed by atoms with Crippen LogP contribution >= 0.6 is 11.6 Å². The highest BCUT2D eigenvalue weighted by Crippen LogP contribution is 2.28. The molecule has 0 unspecified atom stereocenters. The molecule has 0 aliphatic rings. The van der Waals surface area contributed by atoms with E-state index in [1.165, 1.54) is 29.4 Å². The summed E-state index contributed by atoms with van der Waals surface area (Å²) < 4.78 is 31.9. The quantitative estimate of drug-likeness (QED) is 0.605. The lowest BCUT2D eigenvalue weighted by atomic mass is 10.2. The van der Waals surface area contributed by atoms with Crippen molar-refractivity contribution in [2.24, 2.45) is 0 Å². The van der Waals surface area contributed by atoms with Crippen LogP contribution in [-0.2, 0) is 19.6 Å². The van der Waals surface area contributed by atoms with Crippen molar-refractivity contribution in [3.8, 4) is 5.75 Å². The molecule has 0 spiro atoms. The Kier molecular flexibility index (Phi) is 8.22. The van der Waals surface area contributed by atoms with Gasteiger partial charge in [0.2, 0.25) is 15.9 Å². The molecule has 0 radical (unpaired) electrons. The molecule has 0 heterocycles. The third kappa shape index (κ3) is 6.19. The Labute approximate surface area is 181 Å². The number of anilines is 2. The third-order valence-electron chi connectivity index (χ3n) is 4.07. The molecule has 2 N–H and O–H groups in total. The van der Waals surface area contributed by atoms with Gasteiger partial charge in [-0.15, -0.1) is 0 Å². The fourth-order valence-electron chi connectivity index (χ4n) is 2.69. The predicted molar refractivity (Wildman–Crippen MR) is 116 cm³/mol. The first kappa shape index (κ1) is 23.7. The SMILES string of the molecule is CCN(CC)S(=O)(=O)c1ccc(OCC(=O)Nc2cccc(NC(C)=O)c2)c(Cl)c1. The van der Waals surface area contributed by atoms with Crippen LogP contribution in [0.2, 0.25) is 5.02 Å². The van der Waals surface area contributed by atoms with Crippen LogP contribution < -0.4 is 15.4 Å². The monoisotopic (exact) mass is 453 g/mol. The number of carbonyl (C=O) groups excluding carboxylic acids is 2. The van der Waals surface area contributed by atoms with E-state index in [2.05, 4.69) is 10.6 Å². The van der Waals surface area contributed by atoms with Gasteiger partial charge in [0.25, 0.3) is 5.91 Å². The van der Waals surface area contributed by atoms with E-state index in [0.717, 1.165) is 0 Å². The van der Waals surface area contributed by atoms with Crippen LogP contribution in [0.3, 0.4) is 0 Å². The summed E-state index contributed by atoms with van der Waals surface area (Å²) in [4.78, 5) is 23.3. The molecule has 162 valence electrons. The summed E-state index contributed by atoms with van der Waals surface area (Å²) in [5, 5.41) is 5.36. The van der Waals surface area contributed by atoms with E-state index in [-0.39, 0.29) is 28.2 Å². The van der Waals surface area contributed by atoms with Crippen molar-refractivity contribution < 1.29 is 22.7 Å². The minimum atomic E-state index is -3.64. The fourth-order valence-corrected chi connectivity index (χ4v) is 4.47. The van der Waals surface area contributed by atoms with Crippen molar-refractivity contribution in [1.29, 1.82) is 0 Å². The molecule has 0 atom stereocenters. The van der Waals surface area contributed by atoms with Crippen molar-refractivity contribution in [3.05, 3.63) is 47.5 Å².